The maximum atomic E-state index is 14.4. The third-order valence-electron chi connectivity index (χ3n) is 4.67. The molecule has 0 bridgehead atoms. The Balaban J connectivity index is 1.78. The molecule has 176 valence electrons. The molecule has 2 amide bonds. The number of halogens is 4. The highest BCUT2D eigenvalue weighted by Crippen LogP contribution is 2.33. The predicted octanol–water partition coefficient (Wildman–Crippen LogP) is 5.10. The van der Waals surface area contributed by atoms with Crippen LogP contribution in [0.25, 0.3) is 10.8 Å². The van der Waals surface area contributed by atoms with E-state index >= 15 is 0 Å². The maximum absolute atomic E-state index is 14.4. The van der Waals surface area contributed by atoms with Gasteiger partial charge in [-0.25, -0.2) is 14.2 Å². The fourth-order valence-corrected chi connectivity index (χ4v) is 3.12. The molecule has 1 aromatic heterocycles. The van der Waals surface area contributed by atoms with E-state index < -0.39 is 35.5 Å². The maximum Gasteiger partial charge on any atom is 0.436 e. The van der Waals surface area contributed by atoms with Crippen LogP contribution in [0.5, 0.6) is 0 Å². The van der Waals surface area contributed by atoms with E-state index in [1.807, 2.05) is 44.1 Å². The number of benzene rings is 2. The van der Waals surface area contributed by atoms with Gasteiger partial charge in [-0.1, -0.05) is 29.8 Å². The van der Waals surface area contributed by atoms with Gasteiger partial charge in [0, 0.05) is 12.2 Å². The first-order valence-electron chi connectivity index (χ1n) is 10.1. The van der Waals surface area contributed by atoms with Crippen molar-refractivity contribution in [2.24, 2.45) is 0 Å². The fraction of sp³-hybridized carbons (Fsp3) is 0.318. The summed E-state index contributed by atoms with van der Waals surface area (Å²) < 4.78 is 54.2. The minimum Gasteiger partial charge on any atom is -0.367 e. The molecule has 0 saturated carbocycles. The summed E-state index contributed by atoms with van der Waals surface area (Å²) in [7, 11) is 3.68. The molecule has 3 N–H and O–H groups in total. The molecule has 0 atom stereocenters. The molecule has 11 heteroatoms. The van der Waals surface area contributed by atoms with Gasteiger partial charge in [-0.2, -0.15) is 18.2 Å². The monoisotopic (exact) mass is 464 g/mol. The number of anilines is 3. The van der Waals surface area contributed by atoms with Crippen LogP contribution in [0.1, 0.15) is 17.7 Å². The minimum absolute atomic E-state index is 0.186. The van der Waals surface area contributed by atoms with Crippen molar-refractivity contribution in [3.63, 3.8) is 0 Å². The third kappa shape index (κ3) is 6.51. The summed E-state index contributed by atoms with van der Waals surface area (Å²) in [6.07, 6.45) is -4.52. The second-order valence-electron chi connectivity index (χ2n) is 7.78. The van der Waals surface area contributed by atoms with E-state index in [4.69, 9.17) is 0 Å². The first kappa shape index (κ1) is 24.2. The second-order valence-corrected chi connectivity index (χ2v) is 7.78. The smallest absolute Gasteiger partial charge is 0.367 e. The van der Waals surface area contributed by atoms with Crippen LogP contribution in [0.2, 0.25) is 0 Å². The lowest BCUT2D eigenvalue weighted by Gasteiger charge is -2.15. The molecular weight excluding hydrogens is 440 g/mol. The number of fused-ring (bicyclic) bond motifs is 1. The highest BCUT2D eigenvalue weighted by molar-refractivity contribution is 6.00. The van der Waals surface area contributed by atoms with Gasteiger partial charge in [0.15, 0.2) is 17.3 Å². The van der Waals surface area contributed by atoms with Crippen molar-refractivity contribution >= 4 is 34.3 Å². The zero-order valence-corrected chi connectivity index (χ0v) is 18.3. The van der Waals surface area contributed by atoms with Gasteiger partial charge in [-0.05, 0) is 56.9 Å². The molecule has 0 unspecified atom stereocenters. The number of nitrogens with one attached hydrogen (secondary N) is 3. The van der Waals surface area contributed by atoms with Crippen molar-refractivity contribution in [2.45, 2.75) is 19.5 Å². The van der Waals surface area contributed by atoms with E-state index in [2.05, 4.69) is 25.9 Å². The first-order chi connectivity index (χ1) is 15.5. The van der Waals surface area contributed by atoms with Gasteiger partial charge in [-0.15, -0.1) is 0 Å². The van der Waals surface area contributed by atoms with Crippen molar-refractivity contribution in [1.29, 1.82) is 0 Å². The molecule has 33 heavy (non-hydrogen) atoms. The van der Waals surface area contributed by atoms with Crippen LogP contribution in [0.3, 0.4) is 0 Å². The van der Waals surface area contributed by atoms with E-state index in [0.29, 0.717) is 18.7 Å². The molecule has 2 aromatic carbocycles. The second kappa shape index (κ2) is 9.99. The first-order valence-corrected chi connectivity index (χ1v) is 10.1. The molecule has 3 aromatic rings. The number of nitrogens with zero attached hydrogens (tertiary/aromatic N) is 3. The summed E-state index contributed by atoms with van der Waals surface area (Å²) in [6, 6.07) is 10.2. The number of aromatic nitrogens is 2. The Morgan fingerprint density at radius 2 is 1.76 bits per heavy atom. The Hall–Kier alpha value is -3.47. The van der Waals surface area contributed by atoms with Crippen LogP contribution in [0.4, 0.5) is 39.8 Å². The fourth-order valence-electron chi connectivity index (χ4n) is 3.12. The Kier molecular flexibility index (Phi) is 7.32. The molecule has 0 radical (unpaired) electrons. The normalized spacial score (nSPS) is 11.6. The lowest BCUT2D eigenvalue weighted by molar-refractivity contribution is -0.143. The number of rotatable bonds is 7. The largest absolute Gasteiger partial charge is 0.436 e. The topological polar surface area (TPSA) is 82.2 Å². The van der Waals surface area contributed by atoms with Crippen molar-refractivity contribution in [3.8, 4) is 0 Å². The van der Waals surface area contributed by atoms with E-state index in [0.717, 1.165) is 16.3 Å². The number of amides is 2. The summed E-state index contributed by atoms with van der Waals surface area (Å²) in [5.74, 6) is -2.93. The average molecular weight is 464 g/mol. The van der Waals surface area contributed by atoms with Crippen LogP contribution >= 0.6 is 0 Å². The molecular formula is C22H24F4N6O. The van der Waals surface area contributed by atoms with Crippen molar-refractivity contribution in [2.75, 3.05) is 43.1 Å². The highest BCUT2D eigenvalue weighted by atomic mass is 19.4. The Bertz CT molecular complexity index is 1150. The molecule has 0 aliphatic heterocycles. The van der Waals surface area contributed by atoms with Crippen molar-refractivity contribution in [3.05, 3.63) is 53.5 Å². The Morgan fingerprint density at radius 3 is 2.45 bits per heavy atom. The van der Waals surface area contributed by atoms with Crippen LogP contribution in [0, 0.1) is 12.7 Å². The summed E-state index contributed by atoms with van der Waals surface area (Å²) in [6.45, 7) is 2.76. The lowest BCUT2D eigenvalue weighted by Crippen LogP contribution is -2.24. The molecule has 7 nitrogen and oxygen atoms in total. The van der Waals surface area contributed by atoms with E-state index in [1.54, 1.807) is 18.2 Å². The molecule has 0 aliphatic rings. The van der Waals surface area contributed by atoms with Gasteiger partial charge >= 0.3 is 12.2 Å². The number of urea groups is 1. The van der Waals surface area contributed by atoms with Crippen molar-refractivity contribution < 1.29 is 22.4 Å². The number of hydrogen-bond acceptors (Lipinski definition) is 5. The molecule has 0 spiro atoms. The Morgan fingerprint density at radius 1 is 1.03 bits per heavy atom. The van der Waals surface area contributed by atoms with Gasteiger partial charge in [-0.3, -0.25) is 5.32 Å². The van der Waals surface area contributed by atoms with Gasteiger partial charge in [0.2, 0.25) is 5.95 Å². The molecule has 1 heterocycles. The van der Waals surface area contributed by atoms with Gasteiger partial charge in [0.05, 0.1) is 0 Å². The van der Waals surface area contributed by atoms with E-state index in [9.17, 15) is 22.4 Å². The number of carbonyl (C=O) groups is 1. The number of aryl methyl sites for hydroxylation is 1. The predicted molar refractivity (Wildman–Crippen MR) is 120 cm³/mol. The van der Waals surface area contributed by atoms with Crippen LogP contribution in [-0.4, -0.2) is 48.1 Å². The Labute approximate surface area is 188 Å². The van der Waals surface area contributed by atoms with E-state index in [1.165, 1.54) is 0 Å². The number of hydrogen-bond donors (Lipinski definition) is 3. The van der Waals surface area contributed by atoms with Crippen LogP contribution in [-0.2, 0) is 6.18 Å². The van der Waals surface area contributed by atoms with Gasteiger partial charge in [0.1, 0.15) is 0 Å². The quantitative estimate of drug-likeness (QED) is 0.335. The zero-order valence-electron chi connectivity index (χ0n) is 18.3. The van der Waals surface area contributed by atoms with Crippen LogP contribution < -0.4 is 16.0 Å². The highest BCUT2D eigenvalue weighted by Gasteiger charge is 2.38. The SMILES string of the molecule is Cc1ccc2ccc(NC(=O)Nc3nc(NCCCN(C)C)c(F)c(C(F)(F)F)n3)cc2c1. The summed E-state index contributed by atoms with van der Waals surface area (Å²) in [4.78, 5) is 21.1. The third-order valence-corrected chi connectivity index (χ3v) is 4.67. The zero-order chi connectivity index (χ0) is 24.2. The van der Waals surface area contributed by atoms with Crippen molar-refractivity contribution in [1.82, 2.24) is 14.9 Å². The molecule has 0 aliphatic carbocycles. The number of carbonyl (C=O) groups excluding carboxylic acids is 1. The minimum atomic E-state index is -5.06. The average Bonchev–Trinajstić information content (AvgIpc) is 2.71. The van der Waals surface area contributed by atoms with E-state index in [-0.39, 0.29) is 6.54 Å². The lowest BCUT2D eigenvalue weighted by atomic mass is 10.1. The molecule has 0 saturated heterocycles. The summed E-state index contributed by atoms with van der Waals surface area (Å²) >= 11 is 0. The number of alkyl halides is 3. The summed E-state index contributed by atoms with van der Waals surface area (Å²) in [5.41, 5.74) is -0.302. The molecule has 3 rings (SSSR count). The van der Waals surface area contributed by atoms with Crippen LogP contribution in [0.15, 0.2) is 36.4 Å². The van der Waals surface area contributed by atoms with Gasteiger partial charge in [0.25, 0.3) is 0 Å². The molecule has 0 fully saturated rings. The summed E-state index contributed by atoms with van der Waals surface area (Å²) in [5, 5.41) is 9.07. The standard InChI is InChI=1S/C22H24F4N6O/c1-13-5-6-14-7-8-16(12-15(14)11-13)28-21(33)31-20-29-18(22(24,25)26)17(23)19(30-20)27-9-4-10-32(2)3/h5-8,11-12H,4,9-10H2,1-3H3,(H3,27,28,29,30,31,33). The van der Waals surface area contributed by atoms with Gasteiger partial charge < -0.3 is 15.5 Å².